The van der Waals surface area contributed by atoms with Crippen molar-refractivity contribution >= 4 is 17.2 Å². The molecule has 2 aromatic heterocycles. The van der Waals surface area contributed by atoms with Crippen molar-refractivity contribution in [1.82, 2.24) is 10.3 Å². The summed E-state index contributed by atoms with van der Waals surface area (Å²) < 4.78 is 12.7. The largest absolute Gasteiger partial charge is 0.384 e. The number of aliphatic hydroxyl groups is 1. The molecule has 102 valence electrons. The van der Waals surface area contributed by atoms with Crippen molar-refractivity contribution in [2.24, 2.45) is 0 Å². The third-order valence-corrected chi connectivity index (χ3v) is 3.29. The molecule has 0 unspecified atom stereocenters. The van der Waals surface area contributed by atoms with Gasteiger partial charge in [0.15, 0.2) is 0 Å². The second-order valence-corrected chi connectivity index (χ2v) is 4.80. The monoisotopic (exact) mass is 290 g/mol. The van der Waals surface area contributed by atoms with Crippen LogP contribution in [0, 0.1) is 17.7 Å². The molecule has 2 heterocycles. The van der Waals surface area contributed by atoms with E-state index in [2.05, 4.69) is 22.1 Å². The van der Waals surface area contributed by atoms with E-state index in [1.54, 1.807) is 0 Å². The lowest BCUT2D eigenvalue weighted by molar-refractivity contribution is 0.0946. The van der Waals surface area contributed by atoms with Crippen LogP contribution >= 0.6 is 11.3 Å². The number of aromatic nitrogens is 1. The summed E-state index contributed by atoms with van der Waals surface area (Å²) in [5, 5.41) is 13.1. The summed E-state index contributed by atoms with van der Waals surface area (Å²) in [6, 6.07) is 4.36. The van der Waals surface area contributed by atoms with Crippen molar-refractivity contribution < 1.29 is 14.3 Å². The summed E-state index contributed by atoms with van der Waals surface area (Å²) in [7, 11) is 0. The Morgan fingerprint density at radius 2 is 2.35 bits per heavy atom. The Hall–Kier alpha value is -2.23. The molecule has 4 nitrogen and oxygen atoms in total. The van der Waals surface area contributed by atoms with Crippen molar-refractivity contribution in [3.63, 3.8) is 0 Å². The fraction of sp³-hybridized carbons (Fsp3) is 0.143. The number of nitrogens with one attached hydrogen (secondary N) is 1. The molecule has 2 N–H and O–H groups in total. The van der Waals surface area contributed by atoms with Gasteiger partial charge in [0.25, 0.3) is 5.91 Å². The molecule has 0 spiro atoms. The maximum atomic E-state index is 12.7. The van der Waals surface area contributed by atoms with E-state index in [0.29, 0.717) is 6.54 Å². The topological polar surface area (TPSA) is 62.2 Å². The summed E-state index contributed by atoms with van der Waals surface area (Å²) in [5.41, 5.74) is 0.969. The number of carbonyl (C=O) groups is 1. The zero-order chi connectivity index (χ0) is 14.4. The highest BCUT2D eigenvalue weighted by atomic mass is 32.1. The lowest BCUT2D eigenvalue weighted by Crippen LogP contribution is -2.23. The molecule has 0 bridgehead atoms. The molecule has 0 fully saturated rings. The smallest absolute Gasteiger partial charge is 0.270 e. The van der Waals surface area contributed by atoms with E-state index in [4.69, 9.17) is 5.11 Å². The van der Waals surface area contributed by atoms with E-state index in [0.717, 1.165) is 16.6 Å². The molecule has 0 atom stereocenters. The number of aliphatic hydroxyl groups excluding tert-OH is 1. The zero-order valence-corrected chi connectivity index (χ0v) is 11.2. The van der Waals surface area contributed by atoms with Crippen LogP contribution in [-0.2, 0) is 6.54 Å². The Morgan fingerprint density at radius 1 is 1.50 bits per heavy atom. The van der Waals surface area contributed by atoms with E-state index in [-0.39, 0.29) is 18.2 Å². The number of rotatable bonds is 3. The van der Waals surface area contributed by atoms with E-state index in [9.17, 15) is 9.18 Å². The molecule has 0 aromatic carbocycles. The van der Waals surface area contributed by atoms with E-state index in [1.807, 2.05) is 11.4 Å². The predicted molar refractivity (Wildman–Crippen MR) is 73.6 cm³/mol. The summed E-state index contributed by atoms with van der Waals surface area (Å²) in [6.45, 7) is 0.168. The first-order valence-electron chi connectivity index (χ1n) is 5.76. The number of hydrogen-bond donors (Lipinski definition) is 2. The molecule has 0 radical (unpaired) electrons. The van der Waals surface area contributed by atoms with Gasteiger partial charge >= 0.3 is 0 Å². The maximum Gasteiger partial charge on any atom is 0.270 e. The zero-order valence-electron chi connectivity index (χ0n) is 10.4. The minimum atomic E-state index is -0.480. The van der Waals surface area contributed by atoms with Crippen LogP contribution in [0.5, 0.6) is 0 Å². The van der Waals surface area contributed by atoms with Crippen molar-refractivity contribution in [2.75, 3.05) is 6.61 Å². The fourth-order valence-electron chi connectivity index (χ4n) is 1.45. The summed E-state index contributed by atoms with van der Waals surface area (Å²) in [4.78, 5) is 16.4. The van der Waals surface area contributed by atoms with Crippen LogP contribution in [0.15, 0.2) is 29.8 Å². The second kappa shape index (κ2) is 6.80. The van der Waals surface area contributed by atoms with Gasteiger partial charge in [-0.1, -0.05) is 11.8 Å². The number of amides is 1. The molecule has 2 aromatic rings. The summed E-state index contributed by atoms with van der Waals surface area (Å²) in [6.07, 6.45) is 1.00. The van der Waals surface area contributed by atoms with Crippen LogP contribution in [0.25, 0.3) is 0 Å². The Kier molecular flexibility index (Phi) is 4.82. The van der Waals surface area contributed by atoms with E-state index in [1.165, 1.54) is 23.5 Å². The number of pyridine rings is 1. The van der Waals surface area contributed by atoms with Gasteiger partial charge in [0, 0.05) is 15.8 Å². The van der Waals surface area contributed by atoms with Crippen LogP contribution in [-0.4, -0.2) is 22.6 Å². The van der Waals surface area contributed by atoms with Gasteiger partial charge in [0.2, 0.25) is 0 Å². The Bertz CT molecular complexity index is 656. The third-order valence-electron chi connectivity index (χ3n) is 2.35. The highest BCUT2D eigenvalue weighted by molar-refractivity contribution is 7.10. The highest BCUT2D eigenvalue weighted by Gasteiger charge is 2.07. The van der Waals surface area contributed by atoms with Crippen LogP contribution in [0.4, 0.5) is 4.39 Å². The second-order valence-electron chi connectivity index (χ2n) is 3.81. The lowest BCUT2D eigenvalue weighted by Gasteiger charge is -2.02. The van der Waals surface area contributed by atoms with Crippen molar-refractivity contribution in [1.29, 1.82) is 0 Å². The van der Waals surface area contributed by atoms with E-state index >= 15 is 0 Å². The maximum absolute atomic E-state index is 12.7. The van der Waals surface area contributed by atoms with Crippen molar-refractivity contribution in [3.8, 4) is 11.8 Å². The Labute approximate surface area is 119 Å². The third kappa shape index (κ3) is 3.88. The average molecular weight is 290 g/mol. The number of thiophene rings is 1. The first-order valence-corrected chi connectivity index (χ1v) is 6.64. The highest BCUT2D eigenvalue weighted by Crippen LogP contribution is 2.13. The molecule has 0 saturated carbocycles. The first-order chi connectivity index (χ1) is 9.69. The van der Waals surface area contributed by atoms with E-state index < -0.39 is 5.82 Å². The minimum absolute atomic E-state index is 0.170. The number of halogens is 1. The molecular formula is C14H11FN2O2S. The molecule has 20 heavy (non-hydrogen) atoms. The molecular weight excluding hydrogens is 279 g/mol. The van der Waals surface area contributed by atoms with Crippen LogP contribution in [0.3, 0.4) is 0 Å². The summed E-state index contributed by atoms with van der Waals surface area (Å²) >= 11 is 1.46. The Morgan fingerprint density at radius 3 is 3.05 bits per heavy atom. The van der Waals surface area contributed by atoms with Gasteiger partial charge in [-0.05, 0) is 18.2 Å². The average Bonchev–Trinajstić information content (AvgIpc) is 2.91. The number of hydrogen-bond acceptors (Lipinski definition) is 4. The summed E-state index contributed by atoms with van der Waals surface area (Å²) in [5.74, 6) is 4.50. The van der Waals surface area contributed by atoms with Gasteiger partial charge in [-0.3, -0.25) is 4.79 Å². The van der Waals surface area contributed by atoms with Crippen molar-refractivity contribution in [2.45, 2.75) is 6.54 Å². The minimum Gasteiger partial charge on any atom is -0.384 e. The standard InChI is InChI=1S/C14H11FN2O2S/c15-11-3-4-13(16-7-11)14(19)17-8-12-6-10(9-20-12)2-1-5-18/h3-4,6-7,9,18H,5,8H2,(H,17,19). The van der Waals surface area contributed by atoms with Crippen LogP contribution in [0.2, 0.25) is 0 Å². The van der Waals surface area contributed by atoms with Crippen molar-refractivity contribution in [3.05, 3.63) is 51.7 Å². The SMILES string of the molecule is O=C(NCc1cc(C#CCO)cs1)c1ccc(F)cn1. The van der Waals surface area contributed by atoms with Crippen LogP contribution < -0.4 is 5.32 Å². The van der Waals surface area contributed by atoms with Gasteiger partial charge in [-0.15, -0.1) is 11.3 Å². The molecule has 0 aliphatic carbocycles. The van der Waals surface area contributed by atoms with Gasteiger partial charge < -0.3 is 10.4 Å². The predicted octanol–water partition coefficient (Wildman–Crippen LogP) is 1.56. The number of nitrogens with zero attached hydrogens (tertiary/aromatic N) is 1. The first kappa shape index (κ1) is 14.2. The molecule has 2 rings (SSSR count). The molecule has 0 aliphatic heterocycles. The fourth-order valence-corrected chi connectivity index (χ4v) is 2.20. The Balaban J connectivity index is 1.93. The van der Waals surface area contributed by atoms with Gasteiger partial charge in [0.05, 0.1) is 12.7 Å². The molecule has 1 amide bonds. The normalized spacial score (nSPS) is 9.70. The van der Waals surface area contributed by atoms with Gasteiger partial charge in [0.1, 0.15) is 18.1 Å². The molecule has 6 heteroatoms. The number of carbonyl (C=O) groups excluding carboxylic acids is 1. The lowest BCUT2D eigenvalue weighted by atomic mass is 10.3. The molecule has 0 aliphatic rings. The molecule has 0 saturated heterocycles. The van der Waals surface area contributed by atoms with Crippen LogP contribution in [0.1, 0.15) is 20.9 Å². The van der Waals surface area contributed by atoms with Gasteiger partial charge in [-0.2, -0.15) is 0 Å². The quantitative estimate of drug-likeness (QED) is 0.843. The van der Waals surface area contributed by atoms with Gasteiger partial charge in [-0.25, -0.2) is 9.37 Å².